The molecule has 7 heteroatoms. The van der Waals surface area contributed by atoms with E-state index in [1.54, 1.807) is 48.5 Å². The lowest BCUT2D eigenvalue weighted by atomic mass is 10.1. The van der Waals surface area contributed by atoms with E-state index < -0.39 is 18.2 Å². The maximum Gasteiger partial charge on any atom is 0.340 e. The number of hydrogen-bond acceptors (Lipinski definition) is 5. The molecule has 2 amide bonds. The highest BCUT2D eigenvalue weighted by atomic mass is 16.6. The number of amides is 2. The lowest BCUT2D eigenvalue weighted by Gasteiger charge is -2.29. The summed E-state index contributed by atoms with van der Waals surface area (Å²) in [6, 6.07) is 13.4. The highest BCUT2D eigenvalue weighted by Gasteiger charge is 2.46. The first kappa shape index (κ1) is 19.9. The number of carbonyl (C=O) groups excluding carboxylic acids is 3. The van der Waals surface area contributed by atoms with Gasteiger partial charge in [-0.15, -0.1) is 0 Å². The summed E-state index contributed by atoms with van der Waals surface area (Å²) < 4.78 is 11.1. The van der Waals surface area contributed by atoms with Gasteiger partial charge in [-0.1, -0.05) is 31.5 Å². The topological polar surface area (TPSA) is 84.9 Å². The summed E-state index contributed by atoms with van der Waals surface area (Å²) in [4.78, 5) is 39.0. The lowest BCUT2D eigenvalue weighted by molar-refractivity contribution is -0.144. The van der Waals surface area contributed by atoms with Crippen LogP contribution < -0.4 is 10.1 Å². The van der Waals surface area contributed by atoms with Gasteiger partial charge in [-0.25, -0.2) is 4.79 Å². The second kappa shape index (κ2) is 8.57. The van der Waals surface area contributed by atoms with Crippen LogP contribution in [0.4, 0.5) is 5.69 Å². The second-order valence-electron chi connectivity index (χ2n) is 7.42. The largest absolute Gasteiger partial charge is 0.494 e. The first-order valence-electron chi connectivity index (χ1n) is 10.2. The van der Waals surface area contributed by atoms with Gasteiger partial charge < -0.3 is 14.8 Å². The number of hydrogen-bond donors (Lipinski definition) is 1. The van der Waals surface area contributed by atoms with Gasteiger partial charge in [0.2, 0.25) is 18.0 Å². The number of nitrogens with zero attached hydrogens (tertiary/aromatic N) is 1. The molecule has 0 spiro atoms. The Hall–Kier alpha value is -3.35. The van der Waals surface area contributed by atoms with Crippen molar-refractivity contribution in [3.05, 3.63) is 59.7 Å². The molecule has 2 aliphatic rings. The average Bonchev–Trinajstić information content (AvgIpc) is 3.29. The zero-order valence-corrected chi connectivity index (χ0v) is 16.8. The normalized spacial score (nSPS) is 20.1. The fraction of sp³-hybridized carbons (Fsp3) is 0.348. The third kappa shape index (κ3) is 3.87. The molecule has 2 atom stereocenters. The Labute approximate surface area is 175 Å². The number of fused-ring (bicyclic) bond motifs is 1. The van der Waals surface area contributed by atoms with Crippen LogP contribution in [0, 0.1) is 0 Å². The van der Waals surface area contributed by atoms with Gasteiger partial charge in [0, 0.05) is 17.7 Å². The first-order chi connectivity index (χ1) is 14.6. The summed E-state index contributed by atoms with van der Waals surface area (Å²) in [5.41, 5.74) is 1.66. The van der Waals surface area contributed by atoms with Crippen molar-refractivity contribution < 1.29 is 23.9 Å². The van der Waals surface area contributed by atoms with E-state index in [0.717, 1.165) is 18.6 Å². The summed E-state index contributed by atoms with van der Waals surface area (Å²) in [5, 5.41) is 2.86. The van der Waals surface area contributed by atoms with E-state index in [2.05, 4.69) is 12.2 Å². The van der Waals surface area contributed by atoms with E-state index in [9.17, 15) is 14.4 Å². The fourth-order valence-corrected chi connectivity index (χ4v) is 3.78. The lowest BCUT2D eigenvalue weighted by Crippen LogP contribution is -2.43. The molecular weight excluding hydrogens is 384 g/mol. The maximum absolute atomic E-state index is 12.9. The molecule has 156 valence electrons. The fourth-order valence-electron chi connectivity index (χ4n) is 3.78. The van der Waals surface area contributed by atoms with Gasteiger partial charge in [-0.3, -0.25) is 14.5 Å². The minimum absolute atomic E-state index is 0.204. The van der Waals surface area contributed by atoms with E-state index >= 15 is 0 Å². The predicted octanol–water partition coefficient (Wildman–Crippen LogP) is 3.66. The molecule has 7 nitrogen and oxygen atoms in total. The molecule has 0 radical (unpaired) electrons. The Balaban J connectivity index is 1.46. The number of cyclic esters (lactones) is 1. The zero-order chi connectivity index (χ0) is 21.1. The van der Waals surface area contributed by atoms with E-state index in [1.165, 1.54) is 4.90 Å². The van der Waals surface area contributed by atoms with Crippen molar-refractivity contribution in [2.24, 2.45) is 0 Å². The van der Waals surface area contributed by atoms with E-state index in [-0.39, 0.29) is 18.2 Å². The first-order valence-corrected chi connectivity index (χ1v) is 10.2. The van der Waals surface area contributed by atoms with Gasteiger partial charge in [0.25, 0.3) is 0 Å². The van der Waals surface area contributed by atoms with Crippen molar-refractivity contribution in [3.8, 4) is 5.75 Å². The van der Waals surface area contributed by atoms with Gasteiger partial charge in [0.1, 0.15) is 11.8 Å². The van der Waals surface area contributed by atoms with E-state index in [0.29, 0.717) is 29.8 Å². The Bertz CT molecular complexity index is 956. The molecule has 2 aromatic rings. The molecular formula is C23H24N2O5. The van der Waals surface area contributed by atoms with Gasteiger partial charge in [-0.2, -0.15) is 0 Å². The number of rotatable bonds is 7. The van der Waals surface area contributed by atoms with Gasteiger partial charge in [0.05, 0.1) is 12.2 Å². The number of esters is 1. The minimum Gasteiger partial charge on any atom is -0.494 e. The molecule has 0 aromatic heterocycles. The smallest absolute Gasteiger partial charge is 0.340 e. The molecule has 30 heavy (non-hydrogen) atoms. The molecule has 4 rings (SSSR count). The molecule has 0 saturated carbocycles. The Morgan fingerprint density at radius 1 is 1.17 bits per heavy atom. The van der Waals surface area contributed by atoms with Gasteiger partial charge in [-0.05, 0) is 43.2 Å². The van der Waals surface area contributed by atoms with Crippen LogP contribution in [-0.2, 0) is 14.3 Å². The highest BCUT2D eigenvalue weighted by Crippen LogP contribution is 2.38. The van der Waals surface area contributed by atoms with Crippen molar-refractivity contribution in [3.63, 3.8) is 0 Å². The van der Waals surface area contributed by atoms with Crippen LogP contribution in [0.15, 0.2) is 48.5 Å². The molecule has 2 aliphatic heterocycles. The quantitative estimate of drug-likeness (QED) is 0.558. The number of nitrogens with one attached hydrogen (secondary N) is 1. The van der Waals surface area contributed by atoms with Crippen LogP contribution in [0.5, 0.6) is 5.75 Å². The van der Waals surface area contributed by atoms with Crippen LogP contribution in [0.25, 0.3) is 0 Å². The van der Waals surface area contributed by atoms with Crippen molar-refractivity contribution in [2.45, 2.75) is 44.9 Å². The Morgan fingerprint density at radius 3 is 2.70 bits per heavy atom. The number of ether oxygens (including phenoxy) is 2. The maximum atomic E-state index is 12.9. The summed E-state index contributed by atoms with van der Waals surface area (Å²) in [7, 11) is 0. The number of unbranched alkanes of at least 4 members (excludes halogenated alkanes) is 1. The number of carbonyl (C=O) groups is 3. The van der Waals surface area contributed by atoms with Crippen molar-refractivity contribution >= 4 is 23.5 Å². The molecule has 0 aliphatic carbocycles. The molecule has 0 bridgehead atoms. The Morgan fingerprint density at radius 2 is 1.93 bits per heavy atom. The standard InChI is InChI=1S/C23H24N2O5/c1-2-3-14-29-16-10-8-15(9-11-16)24-21(27)19-12-13-20(26)25(19)22-17-6-4-5-7-18(17)23(28)30-22/h4-11,19,22H,2-3,12-14H2,1H3,(H,24,27)/t19-,22-/m1/s1. The van der Waals surface area contributed by atoms with Crippen LogP contribution >= 0.6 is 0 Å². The van der Waals surface area contributed by atoms with Crippen LogP contribution in [0.3, 0.4) is 0 Å². The molecule has 2 aromatic carbocycles. The monoisotopic (exact) mass is 408 g/mol. The van der Waals surface area contributed by atoms with E-state index in [1.807, 2.05) is 0 Å². The van der Waals surface area contributed by atoms with Crippen molar-refractivity contribution in [2.75, 3.05) is 11.9 Å². The molecule has 1 saturated heterocycles. The molecule has 0 unspecified atom stereocenters. The minimum atomic E-state index is -0.867. The summed E-state index contributed by atoms with van der Waals surface area (Å²) >= 11 is 0. The van der Waals surface area contributed by atoms with Crippen LogP contribution in [0.1, 0.15) is 54.8 Å². The number of anilines is 1. The number of likely N-dealkylation sites (tertiary alicyclic amines) is 1. The average molecular weight is 408 g/mol. The second-order valence-corrected chi connectivity index (χ2v) is 7.42. The summed E-state index contributed by atoms with van der Waals surface area (Å²) in [6.07, 6.45) is 1.79. The van der Waals surface area contributed by atoms with Gasteiger partial charge in [0.15, 0.2) is 0 Å². The summed E-state index contributed by atoms with van der Waals surface area (Å²) in [5.74, 6) is -0.244. The third-order valence-corrected chi connectivity index (χ3v) is 5.36. The molecule has 2 heterocycles. The molecule has 1 N–H and O–H groups in total. The van der Waals surface area contributed by atoms with Crippen LogP contribution in [-0.4, -0.2) is 35.3 Å². The number of benzene rings is 2. The highest BCUT2D eigenvalue weighted by molar-refractivity contribution is 6.00. The Kier molecular flexibility index (Phi) is 5.70. The van der Waals surface area contributed by atoms with Crippen molar-refractivity contribution in [1.29, 1.82) is 0 Å². The summed E-state index contributed by atoms with van der Waals surface area (Å²) in [6.45, 7) is 2.76. The van der Waals surface area contributed by atoms with Crippen molar-refractivity contribution in [1.82, 2.24) is 4.90 Å². The SMILES string of the molecule is CCCCOc1ccc(NC(=O)[C@H]2CCC(=O)N2[C@@H]2OC(=O)c3ccccc32)cc1. The third-order valence-electron chi connectivity index (χ3n) is 5.36. The van der Waals surface area contributed by atoms with Gasteiger partial charge >= 0.3 is 5.97 Å². The predicted molar refractivity (Wildman–Crippen MR) is 110 cm³/mol. The molecule has 1 fully saturated rings. The van der Waals surface area contributed by atoms with Crippen LogP contribution in [0.2, 0.25) is 0 Å². The van der Waals surface area contributed by atoms with E-state index in [4.69, 9.17) is 9.47 Å². The zero-order valence-electron chi connectivity index (χ0n) is 16.8.